The highest BCUT2D eigenvalue weighted by molar-refractivity contribution is 5.78. The molecular formula is C14H23F3N2O2. The maximum Gasteiger partial charge on any atom is 0.393 e. The number of amides is 1. The predicted molar refractivity (Wildman–Crippen MR) is 71.6 cm³/mol. The Balaban J connectivity index is 1.83. The van der Waals surface area contributed by atoms with Gasteiger partial charge in [-0.15, -0.1) is 0 Å². The molecule has 0 aromatic carbocycles. The molecule has 0 radical (unpaired) electrons. The van der Waals surface area contributed by atoms with Crippen LogP contribution in [0.5, 0.6) is 0 Å². The third kappa shape index (κ3) is 4.32. The third-order valence-electron chi connectivity index (χ3n) is 4.59. The van der Waals surface area contributed by atoms with E-state index in [1.807, 2.05) is 4.90 Å². The molecule has 122 valence electrons. The van der Waals surface area contributed by atoms with Gasteiger partial charge in [0.1, 0.15) is 0 Å². The summed E-state index contributed by atoms with van der Waals surface area (Å²) >= 11 is 0. The minimum Gasteiger partial charge on any atom is -0.393 e. The van der Waals surface area contributed by atoms with Crippen LogP contribution in [0.3, 0.4) is 0 Å². The van der Waals surface area contributed by atoms with E-state index in [2.05, 4.69) is 0 Å². The van der Waals surface area contributed by atoms with Gasteiger partial charge in [-0.1, -0.05) is 0 Å². The van der Waals surface area contributed by atoms with Crippen molar-refractivity contribution < 1.29 is 23.1 Å². The number of nitrogens with zero attached hydrogens (tertiary/aromatic N) is 2. The molecule has 2 aliphatic heterocycles. The summed E-state index contributed by atoms with van der Waals surface area (Å²) in [4.78, 5) is 15.4. The van der Waals surface area contributed by atoms with Crippen molar-refractivity contribution in [3.05, 3.63) is 0 Å². The van der Waals surface area contributed by atoms with Crippen molar-refractivity contribution in [2.75, 3.05) is 32.7 Å². The van der Waals surface area contributed by atoms with Crippen LogP contribution in [-0.4, -0.2) is 65.8 Å². The second kappa shape index (κ2) is 6.52. The van der Waals surface area contributed by atoms with Gasteiger partial charge in [0, 0.05) is 19.6 Å². The van der Waals surface area contributed by atoms with Gasteiger partial charge in [-0.3, -0.25) is 9.69 Å². The number of aliphatic hydroxyl groups is 1. The van der Waals surface area contributed by atoms with Crippen LogP contribution < -0.4 is 0 Å². The lowest BCUT2D eigenvalue weighted by Gasteiger charge is -2.34. The molecule has 0 aliphatic carbocycles. The SMILES string of the molecule is CC(O)C1CCN(CC(=O)N2CCCC(C(F)(F)F)C2)C1. The van der Waals surface area contributed by atoms with Gasteiger partial charge in [-0.25, -0.2) is 0 Å². The average Bonchev–Trinajstić information content (AvgIpc) is 2.86. The van der Waals surface area contributed by atoms with E-state index >= 15 is 0 Å². The van der Waals surface area contributed by atoms with Crippen molar-refractivity contribution >= 4 is 5.91 Å². The molecule has 3 atom stereocenters. The van der Waals surface area contributed by atoms with Crippen LogP contribution in [0.15, 0.2) is 0 Å². The van der Waals surface area contributed by atoms with E-state index in [1.165, 1.54) is 4.90 Å². The molecule has 0 bridgehead atoms. The highest BCUT2D eigenvalue weighted by Gasteiger charge is 2.42. The zero-order valence-corrected chi connectivity index (χ0v) is 12.3. The van der Waals surface area contributed by atoms with Crippen molar-refractivity contribution in [2.45, 2.75) is 38.5 Å². The number of alkyl halides is 3. The van der Waals surface area contributed by atoms with Crippen LogP contribution in [0.25, 0.3) is 0 Å². The molecule has 2 saturated heterocycles. The molecular weight excluding hydrogens is 285 g/mol. The van der Waals surface area contributed by atoms with Crippen molar-refractivity contribution in [2.24, 2.45) is 11.8 Å². The van der Waals surface area contributed by atoms with Crippen LogP contribution in [0.2, 0.25) is 0 Å². The Morgan fingerprint density at radius 3 is 2.57 bits per heavy atom. The Hall–Kier alpha value is -0.820. The van der Waals surface area contributed by atoms with E-state index in [-0.39, 0.29) is 31.3 Å². The summed E-state index contributed by atoms with van der Waals surface area (Å²) in [7, 11) is 0. The minimum absolute atomic E-state index is 0.112. The summed E-state index contributed by atoms with van der Waals surface area (Å²) in [5.74, 6) is -1.46. The zero-order chi connectivity index (χ0) is 15.6. The standard InChI is InChI=1S/C14H23F3N2O2/c1-10(20)11-4-6-18(7-11)9-13(21)19-5-2-3-12(8-19)14(15,16)17/h10-12,20H,2-9H2,1H3. The average molecular weight is 308 g/mol. The highest BCUT2D eigenvalue weighted by Crippen LogP contribution is 2.33. The molecule has 2 heterocycles. The number of carbonyl (C=O) groups is 1. The second-order valence-electron chi connectivity index (χ2n) is 6.24. The van der Waals surface area contributed by atoms with Gasteiger partial charge in [0.25, 0.3) is 0 Å². The molecule has 2 fully saturated rings. The molecule has 0 saturated carbocycles. The van der Waals surface area contributed by atoms with Crippen LogP contribution >= 0.6 is 0 Å². The fraction of sp³-hybridized carbons (Fsp3) is 0.929. The number of hydrogen-bond donors (Lipinski definition) is 1. The summed E-state index contributed by atoms with van der Waals surface area (Å²) in [6, 6.07) is 0. The molecule has 2 rings (SSSR count). The molecule has 3 unspecified atom stereocenters. The Labute approximate surface area is 122 Å². The molecule has 7 heteroatoms. The predicted octanol–water partition coefficient (Wildman–Crippen LogP) is 1.49. The van der Waals surface area contributed by atoms with Gasteiger partial charge in [0.05, 0.1) is 18.6 Å². The first-order valence-electron chi connectivity index (χ1n) is 7.52. The fourth-order valence-electron chi connectivity index (χ4n) is 3.16. The number of aliphatic hydroxyl groups excluding tert-OH is 1. The van der Waals surface area contributed by atoms with Crippen LogP contribution in [0.4, 0.5) is 13.2 Å². The monoisotopic (exact) mass is 308 g/mol. The van der Waals surface area contributed by atoms with Gasteiger partial charge < -0.3 is 10.0 Å². The summed E-state index contributed by atoms with van der Waals surface area (Å²) in [6.45, 7) is 3.45. The largest absolute Gasteiger partial charge is 0.393 e. The Kier molecular flexibility index (Phi) is 5.14. The van der Waals surface area contributed by atoms with E-state index in [0.717, 1.165) is 13.0 Å². The lowest BCUT2D eigenvalue weighted by atomic mass is 9.97. The van der Waals surface area contributed by atoms with Gasteiger partial charge in [0.15, 0.2) is 0 Å². The maximum atomic E-state index is 12.7. The summed E-state index contributed by atoms with van der Waals surface area (Å²) in [5.41, 5.74) is 0. The van der Waals surface area contributed by atoms with Gasteiger partial charge in [-0.05, 0) is 38.6 Å². The van der Waals surface area contributed by atoms with E-state index < -0.39 is 18.2 Å². The lowest BCUT2D eigenvalue weighted by molar-refractivity contribution is -0.188. The van der Waals surface area contributed by atoms with Gasteiger partial charge in [-0.2, -0.15) is 13.2 Å². The van der Waals surface area contributed by atoms with Gasteiger partial charge >= 0.3 is 6.18 Å². The fourth-order valence-corrected chi connectivity index (χ4v) is 3.16. The molecule has 0 spiro atoms. The van der Waals surface area contributed by atoms with E-state index in [1.54, 1.807) is 6.92 Å². The number of halogens is 3. The molecule has 1 amide bonds. The van der Waals surface area contributed by atoms with Gasteiger partial charge in [0.2, 0.25) is 5.91 Å². The zero-order valence-electron chi connectivity index (χ0n) is 12.3. The van der Waals surface area contributed by atoms with Crippen LogP contribution in [-0.2, 0) is 4.79 Å². The van der Waals surface area contributed by atoms with E-state index in [0.29, 0.717) is 19.5 Å². The maximum absolute atomic E-state index is 12.7. The number of rotatable bonds is 3. The molecule has 0 aromatic rings. The van der Waals surface area contributed by atoms with Crippen molar-refractivity contribution in [1.82, 2.24) is 9.80 Å². The third-order valence-corrected chi connectivity index (χ3v) is 4.59. The van der Waals surface area contributed by atoms with E-state index in [9.17, 15) is 23.1 Å². The molecule has 2 aliphatic rings. The lowest BCUT2D eigenvalue weighted by Crippen LogP contribution is -2.47. The second-order valence-corrected chi connectivity index (χ2v) is 6.24. The first kappa shape index (κ1) is 16.5. The molecule has 0 aromatic heterocycles. The van der Waals surface area contributed by atoms with Crippen molar-refractivity contribution in [3.63, 3.8) is 0 Å². The molecule has 21 heavy (non-hydrogen) atoms. The number of likely N-dealkylation sites (tertiary alicyclic amines) is 2. The number of carbonyl (C=O) groups excluding carboxylic acids is 1. The first-order valence-corrected chi connectivity index (χ1v) is 7.52. The molecule has 1 N–H and O–H groups in total. The minimum atomic E-state index is -4.22. The van der Waals surface area contributed by atoms with E-state index in [4.69, 9.17) is 0 Å². The summed E-state index contributed by atoms with van der Waals surface area (Å²) in [5, 5.41) is 9.53. The summed E-state index contributed by atoms with van der Waals surface area (Å²) < 4.78 is 38.2. The Morgan fingerprint density at radius 1 is 1.29 bits per heavy atom. The first-order chi connectivity index (χ1) is 9.77. The smallest absolute Gasteiger partial charge is 0.393 e. The van der Waals surface area contributed by atoms with Crippen molar-refractivity contribution in [3.8, 4) is 0 Å². The number of piperidine rings is 1. The Morgan fingerprint density at radius 2 is 2.00 bits per heavy atom. The normalized spacial score (nSPS) is 29.7. The van der Waals surface area contributed by atoms with Crippen LogP contribution in [0.1, 0.15) is 26.2 Å². The summed E-state index contributed by atoms with van der Waals surface area (Å²) in [6.07, 6.45) is -3.28. The molecule has 4 nitrogen and oxygen atoms in total. The topological polar surface area (TPSA) is 43.8 Å². The van der Waals surface area contributed by atoms with Crippen molar-refractivity contribution in [1.29, 1.82) is 0 Å². The highest BCUT2D eigenvalue weighted by atomic mass is 19.4. The quantitative estimate of drug-likeness (QED) is 0.859. The Bertz CT molecular complexity index is 374. The number of hydrogen-bond acceptors (Lipinski definition) is 3. The van der Waals surface area contributed by atoms with Crippen LogP contribution in [0, 0.1) is 11.8 Å².